The number of hydrogen-bond donors (Lipinski definition) is 1. The number of fused-ring (bicyclic) bond motifs is 1. The van der Waals surface area contributed by atoms with Crippen LogP contribution in [0.1, 0.15) is 27.2 Å². The number of halogens is 3. The highest BCUT2D eigenvalue weighted by Gasteiger charge is 2.30. The lowest BCUT2D eigenvalue weighted by Crippen LogP contribution is -2.14. The molecule has 0 saturated carbocycles. The van der Waals surface area contributed by atoms with Crippen molar-refractivity contribution in [2.75, 3.05) is 5.32 Å². The molecular formula is C23H17F3N2O5S. The molecule has 0 bridgehead atoms. The van der Waals surface area contributed by atoms with E-state index in [1.807, 2.05) is 31.2 Å². The topological polar surface area (TPSA) is 98.5 Å². The average Bonchev–Trinajstić information content (AvgIpc) is 3.16. The normalized spacial score (nSPS) is 10.9. The highest BCUT2D eigenvalue weighted by Crippen LogP contribution is 2.34. The molecule has 0 aliphatic carbocycles. The molecule has 0 fully saturated rings. The molecule has 7 nitrogen and oxygen atoms in total. The zero-order valence-corrected chi connectivity index (χ0v) is 18.6. The van der Waals surface area contributed by atoms with E-state index < -0.39 is 29.2 Å². The molecule has 0 radical (unpaired) electrons. The van der Waals surface area contributed by atoms with E-state index in [-0.39, 0.29) is 11.4 Å². The number of pyridine rings is 1. The first-order chi connectivity index (χ1) is 16.1. The van der Waals surface area contributed by atoms with Crippen molar-refractivity contribution < 1.29 is 35.5 Å². The van der Waals surface area contributed by atoms with E-state index in [1.54, 1.807) is 25.1 Å². The van der Waals surface area contributed by atoms with Gasteiger partial charge in [-0.1, -0.05) is 17.7 Å². The lowest BCUT2D eigenvalue weighted by molar-refractivity contribution is -0.137. The Hall–Kier alpha value is -3.99. The van der Waals surface area contributed by atoms with Gasteiger partial charge in [-0.15, -0.1) is 0 Å². The number of aryl methyl sites for hydroxylation is 2. The van der Waals surface area contributed by atoms with Crippen molar-refractivity contribution in [2.24, 2.45) is 0 Å². The number of nitrogens with zero attached hydrogens (tertiary/aromatic N) is 1. The number of nitrogens with one attached hydrogen (secondary N) is 1. The summed E-state index contributed by atoms with van der Waals surface area (Å²) in [6.07, 6.45) is -3.83. The fourth-order valence-corrected chi connectivity index (χ4v) is 3.01. The number of furan rings is 1. The summed E-state index contributed by atoms with van der Waals surface area (Å²) in [5.41, 5.74) is 0.846. The second-order valence-corrected chi connectivity index (χ2v) is 7.25. The Bertz CT molecular complexity index is 1340. The van der Waals surface area contributed by atoms with Gasteiger partial charge in [0.2, 0.25) is 0 Å². The zero-order chi connectivity index (χ0) is 24.9. The Morgan fingerprint density at radius 1 is 1.03 bits per heavy atom. The van der Waals surface area contributed by atoms with Gasteiger partial charge in [0, 0.05) is 11.8 Å². The first-order valence-electron chi connectivity index (χ1n) is 9.66. The lowest BCUT2D eigenvalue weighted by atomic mass is 10.1. The summed E-state index contributed by atoms with van der Waals surface area (Å²) < 4.78 is 66.3. The van der Waals surface area contributed by atoms with E-state index >= 15 is 0 Å². The van der Waals surface area contributed by atoms with E-state index in [4.69, 9.17) is 17.6 Å². The SMILES string of the molecule is Cc1ccc(Oc2cc(C(=O)Nc3ccc(C(F)(F)F)cn3)cc3oc(C)cc23)cc1.O=S=O. The molecule has 2 heterocycles. The summed E-state index contributed by atoms with van der Waals surface area (Å²) in [5.74, 6) is 1.09. The minimum absolute atomic E-state index is 0.00488. The number of hydrogen-bond acceptors (Lipinski definition) is 6. The van der Waals surface area contributed by atoms with Crippen LogP contribution < -0.4 is 10.1 Å². The molecule has 1 amide bonds. The first-order valence-corrected chi connectivity index (χ1v) is 10.3. The number of amides is 1. The van der Waals surface area contributed by atoms with Crippen molar-refractivity contribution in [2.45, 2.75) is 20.0 Å². The number of carbonyl (C=O) groups excluding carboxylic acids is 1. The van der Waals surface area contributed by atoms with Crippen LogP contribution in [0.3, 0.4) is 0 Å². The van der Waals surface area contributed by atoms with E-state index in [0.717, 1.165) is 17.7 Å². The van der Waals surface area contributed by atoms with Crippen molar-refractivity contribution in [1.29, 1.82) is 0 Å². The smallest absolute Gasteiger partial charge is 0.417 e. The third-order valence-corrected chi connectivity index (χ3v) is 4.57. The number of carbonyl (C=O) groups is 1. The fraction of sp³-hybridized carbons (Fsp3) is 0.130. The monoisotopic (exact) mass is 490 g/mol. The molecule has 0 aliphatic rings. The molecule has 0 aliphatic heterocycles. The lowest BCUT2D eigenvalue weighted by Gasteiger charge is -2.10. The van der Waals surface area contributed by atoms with Crippen LogP contribution in [0, 0.1) is 13.8 Å². The molecule has 2 aromatic carbocycles. The molecule has 0 spiro atoms. The summed E-state index contributed by atoms with van der Waals surface area (Å²) in [7, 11) is 0. The standard InChI is InChI=1S/C23H17F3N2O3.O2S/c1-13-3-6-17(7-4-13)31-20-11-15(10-19-18(20)9-14(2)30-19)22(29)28-21-8-5-16(12-27-21)23(24,25)26;1-3-2/h3-12H,1-2H3,(H,27,28,29);. The van der Waals surface area contributed by atoms with Crippen molar-refractivity contribution >= 4 is 34.3 Å². The summed E-state index contributed by atoms with van der Waals surface area (Å²) in [6.45, 7) is 3.74. The van der Waals surface area contributed by atoms with E-state index in [9.17, 15) is 18.0 Å². The van der Waals surface area contributed by atoms with Gasteiger partial charge in [-0.2, -0.15) is 21.6 Å². The average molecular weight is 490 g/mol. The molecule has 0 unspecified atom stereocenters. The molecular weight excluding hydrogens is 473 g/mol. The van der Waals surface area contributed by atoms with Crippen LogP contribution in [-0.2, 0) is 17.7 Å². The predicted octanol–water partition coefficient (Wildman–Crippen LogP) is 5.84. The molecule has 1 N–H and O–H groups in total. The molecule has 11 heteroatoms. The Morgan fingerprint density at radius 2 is 1.71 bits per heavy atom. The van der Waals surface area contributed by atoms with Crippen LogP contribution in [0.25, 0.3) is 11.0 Å². The minimum atomic E-state index is -4.50. The fourth-order valence-electron chi connectivity index (χ4n) is 3.01. The Morgan fingerprint density at radius 3 is 2.29 bits per heavy atom. The Kier molecular flexibility index (Phi) is 7.47. The van der Waals surface area contributed by atoms with E-state index in [2.05, 4.69) is 10.3 Å². The molecule has 4 rings (SSSR count). The van der Waals surface area contributed by atoms with Gasteiger partial charge in [0.15, 0.2) is 0 Å². The second-order valence-electron chi connectivity index (χ2n) is 7.11. The quantitative estimate of drug-likeness (QED) is 0.386. The van der Waals surface area contributed by atoms with E-state index in [1.165, 1.54) is 0 Å². The van der Waals surface area contributed by atoms with Crippen LogP contribution in [0.2, 0.25) is 0 Å². The van der Waals surface area contributed by atoms with Crippen molar-refractivity contribution in [3.05, 3.63) is 83.2 Å². The maximum atomic E-state index is 12.7. The van der Waals surface area contributed by atoms with Gasteiger partial charge in [-0.05, 0) is 56.3 Å². The molecule has 0 atom stereocenters. The summed E-state index contributed by atoms with van der Waals surface area (Å²) in [4.78, 5) is 16.4. The van der Waals surface area contributed by atoms with Crippen LogP contribution >= 0.6 is 0 Å². The summed E-state index contributed by atoms with van der Waals surface area (Å²) in [5, 5.41) is 3.19. The third kappa shape index (κ3) is 6.07. The zero-order valence-electron chi connectivity index (χ0n) is 17.8. The maximum Gasteiger partial charge on any atom is 0.417 e. The number of rotatable bonds is 4. The van der Waals surface area contributed by atoms with Gasteiger partial charge < -0.3 is 14.5 Å². The van der Waals surface area contributed by atoms with Gasteiger partial charge >= 0.3 is 17.7 Å². The summed E-state index contributed by atoms with van der Waals surface area (Å²) >= 11 is -0.750. The highest BCUT2D eigenvalue weighted by molar-refractivity contribution is 7.51. The summed E-state index contributed by atoms with van der Waals surface area (Å²) in [6, 6.07) is 14.3. The van der Waals surface area contributed by atoms with E-state index in [0.29, 0.717) is 34.4 Å². The molecule has 34 heavy (non-hydrogen) atoms. The third-order valence-electron chi connectivity index (χ3n) is 4.57. The van der Waals surface area contributed by atoms with Crippen LogP contribution in [0.5, 0.6) is 11.5 Å². The van der Waals surface area contributed by atoms with Gasteiger partial charge in [-0.25, -0.2) is 4.98 Å². The first kappa shape index (κ1) is 24.6. The van der Waals surface area contributed by atoms with Crippen molar-refractivity contribution in [1.82, 2.24) is 4.98 Å². The van der Waals surface area contributed by atoms with Crippen molar-refractivity contribution in [3.8, 4) is 11.5 Å². The number of aromatic nitrogens is 1. The number of benzene rings is 2. The largest absolute Gasteiger partial charge is 0.461 e. The Labute approximate surface area is 195 Å². The number of alkyl halides is 3. The van der Waals surface area contributed by atoms with Crippen LogP contribution in [0.15, 0.2) is 65.2 Å². The molecule has 4 aromatic rings. The van der Waals surface area contributed by atoms with Crippen LogP contribution in [0.4, 0.5) is 19.0 Å². The van der Waals surface area contributed by atoms with Crippen molar-refractivity contribution in [3.63, 3.8) is 0 Å². The van der Waals surface area contributed by atoms with Gasteiger partial charge in [0.05, 0.1) is 10.9 Å². The van der Waals surface area contributed by atoms with Gasteiger partial charge in [-0.3, -0.25) is 4.79 Å². The molecule has 176 valence electrons. The Balaban J connectivity index is 0.00000103. The molecule has 0 saturated heterocycles. The predicted molar refractivity (Wildman–Crippen MR) is 118 cm³/mol. The van der Waals surface area contributed by atoms with Gasteiger partial charge in [0.1, 0.15) is 28.7 Å². The highest BCUT2D eigenvalue weighted by atomic mass is 32.1. The second kappa shape index (κ2) is 10.3. The molecule has 2 aromatic heterocycles. The van der Waals surface area contributed by atoms with Crippen LogP contribution in [-0.4, -0.2) is 19.3 Å². The maximum absolute atomic E-state index is 12.7. The van der Waals surface area contributed by atoms with Gasteiger partial charge in [0.25, 0.3) is 5.91 Å². The minimum Gasteiger partial charge on any atom is -0.461 e. The number of anilines is 1. The number of ether oxygens (including phenoxy) is 1.